The number of aromatic nitrogens is 3. The van der Waals surface area contributed by atoms with Gasteiger partial charge in [0.15, 0.2) is 0 Å². The van der Waals surface area contributed by atoms with Crippen molar-refractivity contribution in [1.29, 1.82) is 0 Å². The van der Waals surface area contributed by atoms with Gasteiger partial charge in [-0.15, -0.1) is 0 Å². The van der Waals surface area contributed by atoms with E-state index < -0.39 is 11.2 Å². The van der Waals surface area contributed by atoms with E-state index in [9.17, 15) is 14.4 Å². The summed E-state index contributed by atoms with van der Waals surface area (Å²) in [5, 5.41) is 2.85. The SMILES string of the molecule is Cc1[nH]c(=O)[nH]c(=O)c1CCC(=O)N[C@@H](C)c1cccnc1. The molecule has 3 N–H and O–H groups in total. The summed E-state index contributed by atoms with van der Waals surface area (Å²) in [4.78, 5) is 43.5. The molecule has 0 aromatic carbocycles. The Morgan fingerprint density at radius 1 is 1.36 bits per heavy atom. The van der Waals surface area contributed by atoms with Gasteiger partial charge in [-0.05, 0) is 31.9 Å². The van der Waals surface area contributed by atoms with Crippen LogP contribution in [0.25, 0.3) is 0 Å². The lowest BCUT2D eigenvalue weighted by Crippen LogP contribution is -2.30. The van der Waals surface area contributed by atoms with Crippen LogP contribution in [-0.2, 0) is 11.2 Å². The molecular formula is C15H18N4O3. The smallest absolute Gasteiger partial charge is 0.325 e. The van der Waals surface area contributed by atoms with Gasteiger partial charge in [-0.2, -0.15) is 0 Å². The Labute approximate surface area is 126 Å². The number of nitrogens with zero attached hydrogens (tertiary/aromatic N) is 1. The van der Waals surface area contributed by atoms with Gasteiger partial charge in [0.05, 0.1) is 6.04 Å². The van der Waals surface area contributed by atoms with Crippen molar-refractivity contribution in [3.05, 3.63) is 62.2 Å². The van der Waals surface area contributed by atoms with E-state index in [1.165, 1.54) is 0 Å². The van der Waals surface area contributed by atoms with Crippen molar-refractivity contribution in [2.75, 3.05) is 0 Å². The average Bonchev–Trinajstić information content (AvgIpc) is 2.47. The molecule has 0 aliphatic heterocycles. The van der Waals surface area contributed by atoms with Gasteiger partial charge in [0, 0.05) is 30.1 Å². The number of carbonyl (C=O) groups excluding carboxylic acids is 1. The predicted octanol–water partition coefficient (Wildman–Crippen LogP) is 0.577. The normalized spacial score (nSPS) is 11.9. The third-order valence-electron chi connectivity index (χ3n) is 3.42. The minimum atomic E-state index is -0.541. The first kappa shape index (κ1) is 15.7. The van der Waals surface area contributed by atoms with E-state index >= 15 is 0 Å². The Kier molecular flexibility index (Phi) is 4.88. The lowest BCUT2D eigenvalue weighted by molar-refractivity contribution is -0.121. The monoisotopic (exact) mass is 302 g/mol. The standard InChI is InChI=1S/C15H18N4O3/c1-9(11-4-3-7-16-8-11)17-13(20)6-5-12-10(2)18-15(22)19-14(12)21/h3-4,7-9H,5-6H2,1-2H3,(H,17,20)(H2,18,19,21,22)/t9-/m0/s1. The Balaban J connectivity index is 1.96. The third-order valence-corrected chi connectivity index (χ3v) is 3.42. The summed E-state index contributed by atoms with van der Waals surface area (Å²) in [5.74, 6) is -0.165. The van der Waals surface area contributed by atoms with Crippen LogP contribution in [0.5, 0.6) is 0 Å². The van der Waals surface area contributed by atoms with E-state index in [0.29, 0.717) is 11.3 Å². The number of carbonyl (C=O) groups is 1. The quantitative estimate of drug-likeness (QED) is 0.750. The van der Waals surface area contributed by atoms with Crippen molar-refractivity contribution in [2.24, 2.45) is 0 Å². The lowest BCUT2D eigenvalue weighted by Gasteiger charge is -2.13. The van der Waals surface area contributed by atoms with Gasteiger partial charge in [-0.25, -0.2) is 4.79 Å². The second-order valence-electron chi connectivity index (χ2n) is 5.09. The zero-order valence-corrected chi connectivity index (χ0v) is 12.5. The fraction of sp³-hybridized carbons (Fsp3) is 0.333. The van der Waals surface area contributed by atoms with Crippen molar-refractivity contribution in [3.8, 4) is 0 Å². The number of pyridine rings is 1. The molecule has 0 spiro atoms. The van der Waals surface area contributed by atoms with Crippen molar-refractivity contribution >= 4 is 5.91 Å². The number of aromatic amines is 2. The number of nitrogens with one attached hydrogen (secondary N) is 3. The van der Waals surface area contributed by atoms with Gasteiger partial charge in [-0.3, -0.25) is 19.6 Å². The van der Waals surface area contributed by atoms with Crippen molar-refractivity contribution in [2.45, 2.75) is 32.7 Å². The van der Waals surface area contributed by atoms with E-state index in [1.807, 2.05) is 13.0 Å². The van der Waals surface area contributed by atoms with Gasteiger partial charge in [0.25, 0.3) is 5.56 Å². The lowest BCUT2D eigenvalue weighted by atomic mass is 10.1. The molecule has 2 aromatic rings. The maximum absolute atomic E-state index is 12.0. The maximum atomic E-state index is 12.0. The molecule has 7 nitrogen and oxygen atoms in total. The summed E-state index contributed by atoms with van der Waals surface area (Å²) in [6, 6.07) is 3.53. The highest BCUT2D eigenvalue weighted by atomic mass is 16.2. The largest absolute Gasteiger partial charge is 0.350 e. The van der Waals surface area contributed by atoms with Crippen LogP contribution in [0.4, 0.5) is 0 Å². The summed E-state index contributed by atoms with van der Waals surface area (Å²) in [6.07, 6.45) is 3.80. The molecular weight excluding hydrogens is 284 g/mol. The number of aryl methyl sites for hydroxylation is 1. The second-order valence-corrected chi connectivity index (χ2v) is 5.09. The molecule has 0 unspecified atom stereocenters. The first-order chi connectivity index (χ1) is 10.5. The number of rotatable bonds is 5. The van der Waals surface area contributed by atoms with Gasteiger partial charge < -0.3 is 10.3 Å². The highest BCUT2D eigenvalue weighted by Gasteiger charge is 2.12. The Hall–Kier alpha value is -2.70. The minimum absolute atomic E-state index is 0.156. The maximum Gasteiger partial charge on any atom is 0.325 e. The minimum Gasteiger partial charge on any atom is -0.350 e. The molecule has 116 valence electrons. The molecule has 0 aliphatic rings. The molecule has 22 heavy (non-hydrogen) atoms. The fourth-order valence-corrected chi connectivity index (χ4v) is 2.19. The molecule has 2 aromatic heterocycles. The summed E-state index contributed by atoms with van der Waals surface area (Å²) in [7, 11) is 0. The molecule has 0 radical (unpaired) electrons. The van der Waals surface area contributed by atoms with E-state index in [2.05, 4.69) is 20.3 Å². The summed E-state index contributed by atoms with van der Waals surface area (Å²) in [6.45, 7) is 3.51. The predicted molar refractivity (Wildman–Crippen MR) is 81.5 cm³/mol. The fourth-order valence-electron chi connectivity index (χ4n) is 2.19. The second kappa shape index (κ2) is 6.84. The number of H-pyrrole nitrogens is 2. The number of hydrogen-bond donors (Lipinski definition) is 3. The van der Waals surface area contributed by atoms with E-state index in [-0.39, 0.29) is 24.8 Å². The Morgan fingerprint density at radius 3 is 2.77 bits per heavy atom. The molecule has 0 bridgehead atoms. The van der Waals surface area contributed by atoms with Crippen LogP contribution < -0.4 is 16.6 Å². The summed E-state index contributed by atoms with van der Waals surface area (Å²) < 4.78 is 0. The third kappa shape index (κ3) is 3.91. The van der Waals surface area contributed by atoms with Crippen LogP contribution in [0.1, 0.15) is 36.2 Å². The van der Waals surface area contributed by atoms with E-state index in [1.54, 1.807) is 25.4 Å². The first-order valence-electron chi connectivity index (χ1n) is 6.98. The molecule has 7 heteroatoms. The van der Waals surface area contributed by atoms with Gasteiger partial charge in [0.2, 0.25) is 5.91 Å². The molecule has 0 saturated heterocycles. The van der Waals surface area contributed by atoms with Crippen molar-refractivity contribution in [3.63, 3.8) is 0 Å². The highest BCUT2D eigenvalue weighted by molar-refractivity contribution is 5.76. The topological polar surface area (TPSA) is 108 Å². The Morgan fingerprint density at radius 2 is 2.14 bits per heavy atom. The highest BCUT2D eigenvalue weighted by Crippen LogP contribution is 2.10. The zero-order valence-electron chi connectivity index (χ0n) is 12.5. The summed E-state index contributed by atoms with van der Waals surface area (Å²) in [5.41, 5.74) is 0.829. The van der Waals surface area contributed by atoms with Crippen LogP contribution in [0.15, 0.2) is 34.1 Å². The van der Waals surface area contributed by atoms with E-state index in [4.69, 9.17) is 0 Å². The van der Waals surface area contributed by atoms with Crippen LogP contribution in [0.3, 0.4) is 0 Å². The average molecular weight is 302 g/mol. The van der Waals surface area contributed by atoms with E-state index in [0.717, 1.165) is 5.56 Å². The van der Waals surface area contributed by atoms with Crippen LogP contribution >= 0.6 is 0 Å². The molecule has 0 fully saturated rings. The molecule has 2 rings (SSSR count). The zero-order chi connectivity index (χ0) is 16.1. The molecule has 1 amide bonds. The number of amides is 1. The van der Waals surface area contributed by atoms with Crippen LogP contribution in [0, 0.1) is 6.92 Å². The summed E-state index contributed by atoms with van der Waals surface area (Å²) >= 11 is 0. The van der Waals surface area contributed by atoms with Crippen molar-refractivity contribution in [1.82, 2.24) is 20.3 Å². The number of hydrogen-bond acceptors (Lipinski definition) is 4. The van der Waals surface area contributed by atoms with Crippen LogP contribution in [0.2, 0.25) is 0 Å². The Bertz CT molecular complexity index is 764. The van der Waals surface area contributed by atoms with Gasteiger partial charge in [0.1, 0.15) is 0 Å². The van der Waals surface area contributed by atoms with Gasteiger partial charge in [-0.1, -0.05) is 6.07 Å². The van der Waals surface area contributed by atoms with Crippen LogP contribution in [-0.4, -0.2) is 20.9 Å². The molecule has 0 saturated carbocycles. The van der Waals surface area contributed by atoms with Gasteiger partial charge >= 0.3 is 5.69 Å². The molecule has 2 heterocycles. The van der Waals surface area contributed by atoms with Crippen molar-refractivity contribution < 1.29 is 4.79 Å². The first-order valence-corrected chi connectivity index (χ1v) is 6.98. The molecule has 1 atom stereocenters. The molecule has 0 aliphatic carbocycles.